The number of benzene rings is 1. The summed E-state index contributed by atoms with van der Waals surface area (Å²) >= 11 is 0. The molecule has 0 aliphatic heterocycles. The summed E-state index contributed by atoms with van der Waals surface area (Å²) in [6, 6.07) is 6.99. The SMILES string of the molecule is [NH]c1ccccc1CO. The molecule has 2 heteroatoms. The molecule has 1 rings (SSSR count). The Morgan fingerprint density at radius 2 is 2.00 bits per heavy atom. The van der Waals surface area contributed by atoms with E-state index in [1.165, 1.54) is 0 Å². The lowest BCUT2D eigenvalue weighted by Crippen LogP contribution is -1.83. The zero-order chi connectivity index (χ0) is 6.69. The molecular formula is C7H8NO. The van der Waals surface area contributed by atoms with E-state index in [1.807, 2.05) is 6.07 Å². The molecule has 0 aliphatic rings. The number of rotatable bonds is 1. The van der Waals surface area contributed by atoms with Crippen LogP contribution in [0.1, 0.15) is 5.56 Å². The van der Waals surface area contributed by atoms with Gasteiger partial charge in [-0.05, 0) is 6.07 Å². The van der Waals surface area contributed by atoms with E-state index >= 15 is 0 Å². The summed E-state index contributed by atoms with van der Waals surface area (Å²) in [6.07, 6.45) is 0. The summed E-state index contributed by atoms with van der Waals surface area (Å²) in [5.74, 6) is 0. The molecule has 0 heterocycles. The topological polar surface area (TPSA) is 44.0 Å². The van der Waals surface area contributed by atoms with Gasteiger partial charge >= 0.3 is 0 Å². The molecule has 0 saturated carbocycles. The maximum absolute atomic E-state index is 8.60. The summed E-state index contributed by atoms with van der Waals surface area (Å²) in [7, 11) is 0. The van der Waals surface area contributed by atoms with Gasteiger partial charge in [-0.25, -0.2) is 0 Å². The average Bonchev–Trinajstić information content (AvgIpc) is 1.89. The van der Waals surface area contributed by atoms with Gasteiger partial charge in [-0.2, -0.15) is 0 Å². The van der Waals surface area contributed by atoms with Crippen LogP contribution in [-0.4, -0.2) is 5.11 Å². The lowest BCUT2D eigenvalue weighted by Gasteiger charge is -1.96. The maximum Gasteiger partial charge on any atom is 0.0702 e. The standard InChI is InChI=1S/C7H8NO/c8-7-4-2-1-3-6(7)5-9/h1-4,8-9H,5H2. The van der Waals surface area contributed by atoms with E-state index in [-0.39, 0.29) is 6.61 Å². The van der Waals surface area contributed by atoms with Gasteiger partial charge in [0, 0.05) is 5.56 Å². The number of nitrogens with one attached hydrogen (secondary N) is 1. The maximum atomic E-state index is 8.60. The van der Waals surface area contributed by atoms with Crippen molar-refractivity contribution in [2.24, 2.45) is 0 Å². The number of hydrogen-bond donors (Lipinski definition) is 1. The molecule has 2 N–H and O–H groups in total. The van der Waals surface area contributed by atoms with Gasteiger partial charge in [0.2, 0.25) is 0 Å². The first-order valence-electron chi connectivity index (χ1n) is 2.75. The van der Waals surface area contributed by atoms with Gasteiger partial charge in [0.15, 0.2) is 0 Å². The van der Waals surface area contributed by atoms with Crippen LogP contribution < -0.4 is 5.73 Å². The Morgan fingerprint density at radius 1 is 1.33 bits per heavy atom. The zero-order valence-corrected chi connectivity index (χ0v) is 4.96. The first-order valence-corrected chi connectivity index (χ1v) is 2.75. The van der Waals surface area contributed by atoms with Crippen LogP contribution in [0, 0.1) is 0 Å². The first-order chi connectivity index (χ1) is 4.34. The van der Waals surface area contributed by atoms with Crippen LogP contribution in [0.15, 0.2) is 24.3 Å². The third kappa shape index (κ3) is 1.21. The molecule has 9 heavy (non-hydrogen) atoms. The molecule has 0 unspecified atom stereocenters. The first kappa shape index (κ1) is 6.11. The minimum atomic E-state index is -0.0420. The van der Waals surface area contributed by atoms with Gasteiger partial charge < -0.3 is 10.8 Å². The van der Waals surface area contributed by atoms with Gasteiger partial charge in [0.05, 0.1) is 12.3 Å². The largest absolute Gasteiger partial charge is 0.392 e. The molecule has 1 aromatic rings. The molecule has 0 aliphatic carbocycles. The van der Waals surface area contributed by atoms with E-state index in [9.17, 15) is 0 Å². The fraction of sp³-hybridized carbons (Fsp3) is 0.143. The summed E-state index contributed by atoms with van der Waals surface area (Å²) in [5, 5.41) is 8.60. The molecule has 0 fully saturated rings. The lowest BCUT2D eigenvalue weighted by atomic mass is 10.2. The van der Waals surface area contributed by atoms with Crippen molar-refractivity contribution in [1.29, 1.82) is 0 Å². The predicted molar refractivity (Wildman–Crippen MR) is 35.1 cm³/mol. The molecule has 0 aromatic heterocycles. The van der Waals surface area contributed by atoms with Crippen molar-refractivity contribution in [3.63, 3.8) is 0 Å². The van der Waals surface area contributed by atoms with Crippen molar-refractivity contribution in [1.82, 2.24) is 5.73 Å². The van der Waals surface area contributed by atoms with E-state index in [2.05, 4.69) is 0 Å². The Labute approximate surface area is 53.9 Å². The highest BCUT2D eigenvalue weighted by Crippen LogP contribution is 2.10. The van der Waals surface area contributed by atoms with E-state index in [4.69, 9.17) is 10.8 Å². The van der Waals surface area contributed by atoms with Gasteiger partial charge in [-0.15, -0.1) is 0 Å². The smallest absolute Gasteiger partial charge is 0.0702 e. The molecule has 1 aromatic carbocycles. The average molecular weight is 122 g/mol. The highest BCUT2D eigenvalue weighted by molar-refractivity contribution is 5.42. The van der Waals surface area contributed by atoms with Crippen molar-refractivity contribution >= 4 is 5.69 Å². The fourth-order valence-electron chi connectivity index (χ4n) is 0.658. The lowest BCUT2D eigenvalue weighted by molar-refractivity contribution is 0.282. The van der Waals surface area contributed by atoms with Crippen molar-refractivity contribution in [2.75, 3.05) is 0 Å². The van der Waals surface area contributed by atoms with E-state index in [0.29, 0.717) is 11.3 Å². The molecular weight excluding hydrogens is 114 g/mol. The highest BCUT2D eigenvalue weighted by Gasteiger charge is 1.92. The fourth-order valence-corrected chi connectivity index (χ4v) is 0.658. The second-order valence-corrected chi connectivity index (χ2v) is 1.82. The summed E-state index contributed by atoms with van der Waals surface area (Å²) in [6.45, 7) is -0.0420. The second kappa shape index (κ2) is 2.51. The third-order valence-corrected chi connectivity index (χ3v) is 1.19. The minimum Gasteiger partial charge on any atom is -0.392 e. The van der Waals surface area contributed by atoms with E-state index < -0.39 is 0 Å². The van der Waals surface area contributed by atoms with Crippen LogP contribution in [0.2, 0.25) is 0 Å². The number of aliphatic hydroxyl groups is 1. The van der Waals surface area contributed by atoms with E-state index in [0.717, 1.165) is 0 Å². The molecule has 1 radical (unpaired) electrons. The van der Waals surface area contributed by atoms with Crippen LogP contribution >= 0.6 is 0 Å². The van der Waals surface area contributed by atoms with Crippen molar-refractivity contribution in [3.05, 3.63) is 29.8 Å². The summed E-state index contributed by atoms with van der Waals surface area (Å²) < 4.78 is 0. The molecule has 0 bridgehead atoms. The van der Waals surface area contributed by atoms with Crippen LogP contribution in [0.5, 0.6) is 0 Å². The highest BCUT2D eigenvalue weighted by atomic mass is 16.3. The quantitative estimate of drug-likeness (QED) is 0.595. The molecule has 47 valence electrons. The molecule has 0 spiro atoms. The Balaban J connectivity index is 3.01. The number of hydrogen-bond acceptors (Lipinski definition) is 1. The Bertz CT molecular complexity index is 198. The predicted octanol–water partition coefficient (Wildman–Crippen LogP) is 1.09. The Hall–Kier alpha value is -1.02. The summed E-state index contributed by atoms with van der Waals surface area (Å²) in [5.41, 5.74) is 8.29. The molecule has 0 amide bonds. The molecule has 2 nitrogen and oxygen atoms in total. The normalized spacial score (nSPS) is 9.44. The van der Waals surface area contributed by atoms with Crippen LogP contribution in [0.25, 0.3) is 0 Å². The molecule has 0 saturated heterocycles. The minimum absolute atomic E-state index is 0.0420. The summed E-state index contributed by atoms with van der Waals surface area (Å²) in [4.78, 5) is 0. The Kier molecular flexibility index (Phi) is 1.70. The van der Waals surface area contributed by atoms with Crippen molar-refractivity contribution < 1.29 is 5.11 Å². The van der Waals surface area contributed by atoms with Crippen LogP contribution in [-0.2, 0) is 6.61 Å². The van der Waals surface area contributed by atoms with Gasteiger partial charge in [0.1, 0.15) is 0 Å². The van der Waals surface area contributed by atoms with Crippen molar-refractivity contribution in [2.45, 2.75) is 6.61 Å². The van der Waals surface area contributed by atoms with E-state index in [1.54, 1.807) is 18.2 Å². The van der Waals surface area contributed by atoms with Crippen LogP contribution in [0.4, 0.5) is 5.69 Å². The zero-order valence-electron chi connectivity index (χ0n) is 4.96. The monoisotopic (exact) mass is 122 g/mol. The van der Waals surface area contributed by atoms with Crippen LogP contribution in [0.3, 0.4) is 0 Å². The Morgan fingerprint density at radius 3 is 2.44 bits per heavy atom. The second-order valence-electron chi connectivity index (χ2n) is 1.82. The number of aliphatic hydroxyl groups excluding tert-OH is 1. The third-order valence-electron chi connectivity index (χ3n) is 1.19. The van der Waals surface area contributed by atoms with Gasteiger partial charge in [0.25, 0.3) is 0 Å². The molecule has 0 atom stereocenters. The van der Waals surface area contributed by atoms with Crippen molar-refractivity contribution in [3.8, 4) is 0 Å². The van der Waals surface area contributed by atoms with Gasteiger partial charge in [-0.3, -0.25) is 0 Å². The van der Waals surface area contributed by atoms with Gasteiger partial charge in [-0.1, -0.05) is 18.2 Å².